The molecule has 33 heavy (non-hydrogen) atoms. The second-order valence-electron chi connectivity index (χ2n) is 8.78. The van der Waals surface area contributed by atoms with Crippen LogP contribution in [0.4, 0.5) is 0 Å². The van der Waals surface area contributed by atoms with E-state index >= 15 is 0 Å². The zero-order valence-electron chi connectivity index (χ0n) is 19.0. The van der Waals surface area contributed by atoms with Crippen molar-refractivity contribution in [3.05, 3.63) is 95.4 Å². The van der Waals surface area contributed by atoms with Crippen LogP contribution >= 0.6 is 0 Å². The lowest BCUT2D eigenvalue weighted by molar-refractivity contribution is -0.122. The minimum atomic E-state index is -0.0246. The maximum atomic E-state index is 12.7. The van der Waals surface area contributed by atoms with Gasteiger partial charge in [0, 0.05) is 24.7 Å². The second kappa shape index (κ2) is 11.0. The van der Waals surface area contributed by atoms with E-state index in [0.29, 0.717) is 31.2 Å². The molecule has 1 heterocycles. The van der Waals surface area contributed by atoms with E-state index in [2.05, 4.69) is 29.7 Å². The first kappa shape index (κ1) is 22.8. The van der Waals surface area contributed by atoms with E-state index in [1.54, 1.807) is 6.26 Å². The van der Waals surface area contributed by atoms with Crippen LogP contribution in [-0.2, 0) is 17.9 Å². The van der Waals surface area contributed by atoms with Gasteiger partial charge in [0.1, 0.15) is 5.76 Å². The summed E-state index contributed by atoms with van der Waals surface area (Å²) in [4.78, 5) is 27.0. The van der Waals surface area contributed by atoms with Crippen molar-refractivity contribution in [2.75, 3.05) is 13.1 Å². The quantitative estimate of drug-likeness (QED) is 0.466. The Morgan fingerprint density at radius 2 is 1.76 bits per heavy atom. The topological polar surface area (TPSA) is 74.6 Å². The molecule has 1 unspecified atom stereocenters. The number of amides is 2. The first-order valence-corrected chi connectivity index (χ1v) is 11.5. The Hall–Kier alpha value is -3.38. The van der Waals surface area contributed by atoms with Gasteiger partial charge in [0.25, 0.3) is 5.91 Å². The Kier molecular flexibility index (Phi) is 7.58. The third-order valence-electron chi connectivity index (χ3n) is 5.84. The number of hydrogen-bond donors (Lipinski definition) is 2. The Labute approximate surface area is 195 Å². The molecule has 6 heteroatoms. The smallest absolute Gasteiger partial charge is 0.251 e. The molecule has 0 aliphatic heterocycles. The van der Waals surface area contributed by atoms with Crippen molar-refractivity contribution in [2.45, 2.75) is 44.8 Å². The van der Waals surface area contributed by atoms with Crippen molar-refractivity contribution in [3.8, 4) is 0 Å². The largest absolute Gasteiger partial charge is 0.468 e. The zero-order valence-corrected chi connectivity index (χ0v) is 19.0. The second-order valence-corrected chi connectivity index (χ2v) is 8.78. The lowest BCUT2D eigenvalue weighted by Gasteiger charge is -2.22. The molecule has 1 aliphatic carbocycles. The summed E-state index contributed by atoms with van der Waals surface area (Å²) in [7, 11) is 0. The highest BCUT2D eigenvalue weighted by Gasteiger charge is 2.23. The Balaban J connectivity index is 1.34. The van der Waals surface area contributed by atoms with E-state index in [9.17, 15) is 9.59 Å². The van der Waals surface area contributed by atoms with Gasteiger partial charge in [-0.05, 0) is 54.2 Å². The fourth-order valence-corrected chi connectivity index (χ4v) is 3.73. The molecule has 1 aromatic heterocycles. The third kappa shape index (κ3) is 7.05. The molecule has 1 saturated carbocycles. The average Bonchev–Trinajstić information content (AvgIpc) is 3.50. The Morgan fingerprint density at radius 1 is 1.00 bits per heavy atom. The number of benzene rings is 2. The molecule has 1 atom stereocenters. The van der Waals surface area contributed by atoms with Crippen LogP contribution in [0, 0.1) is 0 Å². The molecule has 0 bridgehead atoms. The molecule has 2 amide bonds. The molecule has 0 radical (unpaired) electrons. The molecule has 2 N–H and O–H groups in total. The van der Waals surface area contributed by atoms with Crippen LogP contribution in [0.15, 0.2) is 77.4 Å². The summed E-state index contributed by atoms with van der Waals surface area (Å²) in [6.07, 6.45) is 3.78. The van der Waals surface area contributed by atoms with Crippen LogP contribution in [0.25, 0.3) is 0 Å². The lowest BCUT2D eigenvalue weighted by Crippen LogP contribution is -2.38. The molecule has 0 spiro atoms. The van der Waals surface area contributed by atoms with Gasteiger partial charge in [0.05, 0.1) is 19.4 Å². The maximum Gasteiger partial charge on any atom is 0.251 e. The van der Waals surface area contributed by atoms with E-state index in [0.717, 1.165) is 24.2 Å². The summed E-state index contributed by atoms with van der Waals surface area (Å²) in [5.74, 6) is 0.997. The molecular formula is C27H31N3O3. The predicted octanol–water partition coefficient (Wildman–Crippen LogP) is 4.09. The van der Waals surface area contributed by atoms with Crippen LogP contribution < -0.4 is 10.6 Å². The summed E-state index contributed by atoms with van der Waals surface area (Å²) in [5, 5.41) is 6.07. The number of carbonyl (C=O) groups is 2. The van der Waals surface area contributed by atoms with Gasteiger partial charge < -0.3 is 15.1 Å². The van der Waals surface area contributed by atoms with Gasteiger partial charge in [-0.3, -0.25) is 14.5 Å². The molecule has 172 valence electrons. The Bertz CT molecular complexity index is 1030. The number of rotatable bonds is 11. The van der Waals surface area contributed by atoms with Crippen LogP contribution in [0.2, 0.25) is 0 Å². The summed E-state index contributed by atoms with van der Waals surface area (Å²) in [5.41, 5.74) is 2.90. The number of nitrogens with zero attached hydrogens (tertiary/aromatic N) is 1. The third-order valence-corrected chi connectivity index (χ3v) is 5.84. The predicted molar refractivity (Wildman–Crippen MR) is 128 cm³/mol. The van der Waals surface area contributed by atoms with E-state index < -0.39 is 0 Å². The lowest BCUT2D eigenvalue weighted by atomic mass is 10.0. The van der Waals surface area contributed by atoms with Crippen molar-refractivity contribution in [3.63, 3.8) is 0 Å². The van der Waals surface area contributed by atoms with Crippen molar-refractivity contribution >= 4 is 11.8 Å². The molecule has 0 saturated heterocycles. The Morgan fingerprint density at radius 3 is 2.42 bits per heavy atom. The standard InChI is InChI=1S/C27H31N3O3/c1-20(22-6-3-2-4-7-22)16-28-26(31)19-30(18-25-8-5-15-33-25)17-21-9-11-23(12-10-21)27(32)29-24-13-14-24/h2-12,15,20,24H,13-14,16-19H2,1H3,(H,28,31)(H,29,32). The summed E-state index contributed by atoms with van der Waals surface area (Å²) >= 11 is 0. The van der Waals surface area contributed by atoms with Gasteiger partial charge in [-0.1, -0.05) is 49.4 Å². The van der Waals surface area contributed by atoms with E-state index in [1.807, 2.05) is 59.5 Å². The van der Waals surface area contributed by atoms with Gasteiger partial charge in [-0.15, -0.1) is 0 Å². The van der Waals surface area contributed by atoms with Crippen LogP contribution in [0.3, 0.4) is 0 Å². The molecular weight excluding hydrogens is 414 g/mol. The molecule has 1 fully saturated rings. The van der Waals surface area contributed by atoms with E-state index in [-0.39, 0.29) is 24.3 Å². The summed E-state index contributed by atoms with van der Waals surface area (Å²) in [6.45, 7) is 4.05. The van der Waals surface area contributed by atoms with Gasteiger partial charge in [0.2, 0.25) is 5.91 Å². The highest BCUT2D eigenvalue weighted by atomic mass is 16.3. The van der Waals surface area contributed by atoms with Crippen LogP contribution in [-0.4, -0.2) is 35.8 Å². The zero-order chi connectivity index (χ0) is 23.0. The van der Waals surface area contributed by atoms with Gasteiger partial charge in [0.15, 0.2) is 0 Å². The number of furan rings is 1. The van der Waals surface area contributed by atoms with Gasteiger partial charge in [-0.25, -0.2) is 0 Å². The first-order chi connectivity index (χ1) is 16.1. The molecule has 3 aromatic rings. The van der Waals surface area contributed by atoms with Crippen molar-refractivity contribution in [2.24, 2.45) is 0 Å². The maximum absolute atomic E-state index is 12.7. The number of carbonyl (C=O) groups excluding carboxylic acids is 2. The normalized spacial score (nSPS) is 14.1. The van der Waals surface area contributed by atoms with E-state index in [4.69, 9.17) is 4.42 Å². The highest BCUT2D eigenvalue weighted by molar-refractivity contribution is 5.94. The monoisotopic (exact) mass is 445 g/mol. The summed E-state index contributed by atoms with van der Waals surface area (Å²) < 4.78 is 5.51. The highest BCUT2D eigenvalue weighted by Crippen LogP contribution is 2.19. The van der Waals surface area contributed by atoms with Gasteiger partial charge in [-0.2, -0.15) is 0 Å². The van der Waals surface area contributed by atoms with E-state index in [1.165, 1.54) is 5.56 Å². The minimum Gasteiger partial charge on any atom is -0.468 e. The SMILES string of the molecule is CC(CNC(=O)CN(Cc1ccc(C(=O)NC2CC2)cc1)Cc1ccco1)c1ccccc1. The molecule has 2 aromatic carbocycles. The summed E-state index contributed by atoms with van der Waals surface area (Å²) in [6, 6.07) is 21.9. The fourth-order valence-electron chi connectivity index (χ4n) is 3.73. The fraction of sp³-hybridized carbons (Fsp3) is 0.333. The van der Waals surface area contributed by atoms with Crippen LogP contribution in [0.5, 0.6) is 0 Å². The van der Waals surface area contributed by atoms with Crippen molar-refractivity contribution in [1.29, 1.82) is 0 Å². The van der Waals surface area contributed by atoms with Gasteiger partial charge >= 0.3 is 0 Å². The molecule has 4 rings (SSSR count). The number of hydrogen-bond acceptors (Lipinski definition) is 4. The minimum absolute atomic E-state index is 0.0234. The molecule has 1 aliphatic rings. The van der Waals surface area contributed by atoms with Crippen LogP contribution in [0.1, 0.15) is 52.9 Å². The molecule has 6 nitrogen and oxygen atoms in total. The first-order valence-electron chi connectivity index (χ1n) is 11.5. The average molecular weight is 446 g/mol. The van der Waals surface area contributed by atoms with Crippen molar-refractivity contribution in [1.82, 2.24) is 15.5 Å². The number of nitrogens with one attached hydrogen (secondary N) is 2. The van der Waals surface area contributed by atoms with Crippen molar-refractivity contribution < 1.29 is 14.0 Å².